The molecule has 1 aromatic carbocycles. The van der Waals surface area contributed by atoms with Crippen LogP contribution < -0.4 is 5.32 Å². The van der Waals surface area contributed by atoms with Gasteiger partial charge >= 0.3 is 0 Å². The third-order valence-electron chi connectivity index (χ3n) is 4.95. The molecule has 3 rings (SSSR count). The summed E-state index contributed by atoms with van der Waals surface area (Å²) >= 11 is 5.85. The number of imidazole rings is 1. The second kappa shape index (κ2) is 10.2. The molecule has 0 aliphatic rings. The fraction of sp³-hybridized carbons (Fsp3) is 0.348. The molecule has 2 heterocycles. The zero-order valence-corrected chi connectivity index (χ0v) is 18.2. The molecule has 0 amide bonds. The third kappa shape index (κ3) is 5.87. The van der Waals surface area contributed by atoms with Crippen LogP contribution in [0.5, 0.6) is 0 Å². The smallest absolute Gasteiger partial charge is 0.173 e. The molecule has 0 atom stereocenters. The molecule has 0 saturated heterocycles. The first-order valence-corrected chi connectivity index (χ1v) is 10.5. The monoisotopic (exact) mass is 407 g/mol. The zero-order chi connectivity index (χ0) is 20.6. The first kappa shape index (κ1) is 21.0. The minimum absolute atomic E-state index is 0.424. The number of nitrogens with one attached hydrogen (secondary N) is 1. The van der Waals surface area contributed by atoms with Crippen LogP contribution in [-0.4, -0.2) is 31.1 Å². The molecular formula is C23H29N5S. The number of hydrogen-bond donors (Lipinski definition) is 1. The second-order valence-corrected chi connectivity index (χ2v) is 7.95. The van der Waals surface area contributed by atoms with Crippen LogP contribution in [0.25, 0.3) is 0 Å². The van der Waals surface area contributed by atoms with Crippen molar-refractivity contribution in [3.63, 3.8) is 0 Å². The van der Waals surface area contributed by atoms with Gasteiger partial charge in [-0.05, 0) is 54.2 Å². The number of para-hydroxylation sites is 1. The van der Waals surface area contributed by atoms with Gasteiger partial charge in [-0.3, -0.25) is 4.98 Å². The van der Waals surface area contributed by atoms with Gasteiger partial charge in [-0.25, -0.2) is 4.98 Å². The van der Waals surface area contributed by atoms with E-state index in [1.165, 1.54) is 11.1 Å². The molecule has 1 N–H and O–H groups in total. The van der Waals surface area contributed by atoms with Crippen LogP contribution in [0.2, 0.25) is 0 Å². The second-order valence-electron chi connectivity index (χ2n) is 7.56. The number of thiocarbonyl (C=S) groups is 1. The van der Waals surface area contributed by atoms with Gasteiger partial charge < -0.3 is 14.8 Å². The highest BCUT2D eigenvalue weighted by atomic mass is 32.1. The Balaban J connectivity index is 1.74. The van der Waals surface area contributed by atoms with E-state index in [0.717, 1.165) is 42.4 Å². The van der Waals surface area contributed by atoms with Gasteiger partial charge in [0.25, 0.3) is 0 Å². The van der Waals surface area contributed by atoms with E-state index in [2.05, 4.69) is 69.8 Å². The summed E-state index contributed by atoms with van der Waals surface area (Å²) in [6.45, 7) is 9.03. The molecule has 6 heteroatoms. The summed E-state index contributed by atoms with van der Waals surface area (Å²) in [5.74, 6) is 0.424. The fourth-order valence-electron chi connectivity index (χ4n) is 3.36. The molecule has 0 aliphatic heterocycles. The van der Waals surface area contributed by atoms with Gasteiger partial charge in [-0.1, -0.05) is 38.1 Å². The van der Waals surface area contributed by atoms with Crippen LogP contribution >= 0.6 is 12.2 Å². The van der Waals surface area contributed by atoms with Gasteiger partial charge in [-0.15, -0.1) is 0 Å². The van der Waals surface area contributed by atoms with Crippen LogP contribution in [0.4, 0.5) is 5.69 Å². The molecule has 2 aromatic heterocycles. The summed E-state index contributed by atoms with van der Waals surface area (Å²) in [6.07, 6.45) is 10.3. The number of anilines is 1. The topological polar surface area (TPSA) is 46.0 Å². The first-order chi connectivity index (χ1) is 14.0. The van der Waals surface area contributed by atoms with Gasteiger partial charge in [0.1, 0.15) is 0 Å². The van der Waals surface area contributed by atoms with Gasteiger partial charge in [0.15, 0.2) is 5.11 Å². The predicted molar refractivity (Wildman–Crippen MR) is 123 cm³/mol. The average molecular weight is 408 g/mol. The van der Waals surface area contributed by atoms with Gasteiger partial charge in [-0.2, -0.15) is 0 Å². The van der Waals surface area contributed by atoms with Gasteiger partial charge in [0.05, 0.1) is 6.33 Å². The molecule has 5 nitrogen and oxygen atoms in total. The average Bonchev–Trinajstić information content (AvgIpc) is 3.23. The van der Waals surface area contributed by atoms with Crippen molar-refractivity contribution in [2.45, 2.75) is 46.2 Å². The maximum atomic E-state index is 5.85. The molecule has 0 saturated carbocycles. The van der Waals surface area contributed by atoms with Crippen LogP contribution in [0, 0.1) is 6.92 Å². The van der Waals surface area contributed by atoms with Crippen molar-refractivity contribution < 1.29 is 0 Å². The minimum atomic E-state index is 0.424. The normalized spacial score (nSPS) is 10.9. The zero-order valence-electron chi connectivity index (χ0n) is 17.4. The highest BCUT2D eigenvalue weighted by Gasteiger charge is 2.15. The largest absolute Gasteiger partial charge is 0.345 e. The lowest BCUT2D eigenvalue weighted by atomic mass is 9.98. The standard InChI is InChI=1S/C23H29N5S/c1-18(2)21-9-4-7-19(3)22(21)26-23(29)28(16-20-8-5-10-24-15-20)13-6-12-27-14-11-25-17-27/h4-5,7-11,14-15,17-18H,6,12-13,16H2,1-3H3,(H,26,29). The summed E-state index contributed by atoms with van der Waals surface area (Å²) in [7, 11) is 0. The molecule has 29 heavy (non-hydrogen) atoms. The minimum Gasteiger partial charge on any atom is -0.345 e. The lowest BCUT2D eigenvalue weighted by molar-refractivity contribution is 0.395. The van der Waals surface area contributed by atoms with Crippen LogP contribution in [0.15, 0.2) is 61.4 Å². The molecule has 0 unspecified atom stereocenters. The third-order valence-corrected chi connectivity index (χ3v) is 5.31. The highest BCUT2D eigenvalue weighted by Crippen LogP contribution is 2.28. The summed E-state index contributed by atoms with van der Waals surface area (Å²) in [6, 6.07) is 10.5. The number of pyridine rings is 1. The number of aromatic nitrogens is 3. The summed E-state index contributed by atoms with van der Waals surface area (Å²) in [4.78, 5) is 10.6. The van der Waals surface area contributed by atoms with Gasteiger partial charge in [0, 0.05) is 50.1 Å². The van der Waals surface area contributed by atoms with E-state index in [0.29, 0.717) is 5.92 Å². The van der Waals surface area contributed by atoms with E-state index in [-0.39, 0.29) is 0 Å². The van der Waals surface area contributed by atoms with Crippen molar-refractivity contribution in [2.24, 2.45) is 0 Å². The summed E-state index contributed by atoms with van der Waals surface area (Å²) in [5, 5.41) is 4.29. The maximum absolute atomic E-state index is 5.85. The Kier molecular flexibility index (Phi) is 7.36. The molecule has 0 fully saturated rings. The van der Waals surface area contributed by atoms with Crippen LogP contribution in [-0.2, 0) is 13.1 Å². The van der Waals surface area contributed by atoms with Crippen molar-refractivity contribution in [3.05, 3.63) is 78.1 Å². The van der Waals surface area contributed by atoms with E-state index < -0.39 is 0 Å². The first-order valence-electron chi connectivity index (χ1n) is 10.0. The number of hydrogen-bond acceptors (Lipinski definition) is 3. The van der Waals surface area contributed by atoms with Crippen LogP contribution in [0.3, 0.4) is 0 Å². The van der Waals surface area contributed by atoms with Crippen molar-refractivity contribution >= 4 is 23.0 Å². The predicted octanol–water partition coefficient (Wildman–Crippen LogP) is 5.00. The van der Waals surface area contributed by atoms with E-state index in [1.807, 2.05) is 31.0 Å². The number of benzene rings is 1. The lowest BCUT2D eigenvalue weighted by Crippen LogP contribution is -2.36. The Labute approximate surface area is 178 Å². The van der Waals surface area contributed by atoms with E-state index in [4.69, 9.17) is 12.2 Å². The molecule has 0 radical (unpaired) electrons. The Morgan fingerprint density at radius 3 is 2.72 bits per heavy atom. The SMILES string of the molecule is Cc1cccc(C(C)C)c1NC(=S)N(CCCn1ccnc1)Cc1cccnc1. The number of rotatable bonds is 8. The number of nitrogens with zero attached hydrogens (tertiary/aromatic N) is 4. The highest BCUT2D eigenvalue weighted by molar-refractivity contribution is 7.80. The Bertz CT molecular complexity index is 906. The van der Waals surface area contributed by atoms with Gasteiger partial charge in [0.2, 0.25) is 0 Å². The van der Waals surface area contributed by atoms with Crippen molar-refractivity contribution in [1.29, 1.82) is 0 Å². The Hall–Kier alpha value is -2.73. The van der Waals surface area contributed by atoms with Crippen molar-refractivity contribution in [3.8, 4) is 0 Å². The lowest BCUT2D eigenvalue weighted by Gasteiger charge is -2.28. The summed E-state index contributed by atoms with van der Waals surface area (Å²) in [5.41, 5.74) is 4.76. The summed E-state index contributed by atoms with van der Waals surface area (Å²) < 4.78 is 2.09. The molecule has 0 spiro atoms. The number of aryl methyl sites for hydroxylation is 2. The van der Waals surface area contributed by atoms with E-state index >= 15 is 0 Å². The van der Waals surface area contributed by atoms with E-state index in [1.54, 1.807) is 6.20 Å². The molecule has 3 aromatic rings. The Morgan fingerprint density at radius 1 is 1.17 bits per heavy atom. The van der Waals surface area contributed by atoms with Crippen molar-refractivity contribution in [2.75, 3.05) is 11.9 Å². The van der Waals surface area contributed by atoms with Crippen LogP contribution in [0.1, 0.15) is 42.9 Å². The molecular weight excluding hydrogens is 378 g/mol. The molecule has 0 bridgehead atoms. The molecule has 0 aliphatic carbocycles. The van der Waals surface area contributed by atoms with E-state index in [9.17, 15) is 0 Å². The van der Waals surface area contributed by atoms with Crippen molar-refractivity contribution in [1.82, 2.24) is 19.4 Å². The Morgan fingerprint density at radius 2 is 2.03 bits per heavy atom. The maximum Gasteiger partial charge on any atom is 0.173 e. The molecule has 152 valence electrons. The fourth-order valence-corrected chi connectivity index (χ4v) is 3.61. The quantitative estimate of drug-likeness (QED) is 0.533.